The number of nitrogens with zero attached hydrogens (tertiary/aromatic N) is 5. The van der Waals surface area contributed by atoms with Gasteiger partial charge >= 0.3 is 12.2 Å². The van der Waals surface area contributed by atoms with Crippen LogP contribution in [-0.2, 0) is 28.7 Å². The highest BCUT2D eigenvalue weighted by Gasteiger charge is 2.46. The quantitative estimate of drug-likeness (QED) is 0.286. The molecule has 4 aliphatic heterocycles. The number of alkyl halides is 3. The fourth-order valence-electron chi connectivity index (χ4n) is 7.50. The summed E-state index contributed by atoms with van der Waals surface area (Å²) in [5.41, 5.74) is 4.54. The Labute approximate surface area is 254 Å². The van der Waals surface area contributed by atoms with E-state index in [4.69, 9.17) is 25.2 Å². The van der Waals surface area contributed by atoms with Crippen molar-refractivity contribution >= 4 is 17.4 Å². The predicted octanol–water partition coefficient (Wildman–Crippen LogP) is 4.57. The average Bonchev–Trinajstić information content (AvgIpc) is 3.56. The van der Waals surface area contributed by atoms with Crippen LogP contribution in [0.2, 0.25) is 0 Å². The zero-order valence-electron chi connectivity index (χ0n) is 25.1. The molecule has 1 amide bonds. The molecule has 2 aromatic rings. The van der Waals surface area contributed by atoms with E-state index in [0.29, 0.717) is 43.3 Å². The summed E-state index contributed by atoms with van der Waals surface area (Å²) in [5.74, 6) is -0.747. The minimum absolute atomic E-state index is 0.0706. The van der Waals surface area contributed by atoms with Crippen LogP contribution in [0.25, 0.3) is 0 Å². The number of benzene rings is 1. The van der Waals surface area contributed by atoms with Gasteiger partial charge in [0.05, 0.1) is 35.2 Å². The lowest BCUT2D eigenvalue weighted by molar-refractivity contribution is -0.140. The number of nitrogens with two attached hydrogens (primary N) is 1. The van der Waals surface area contributed by atoms with Gasteiger partial charge in [0.15, 0.2) is 5.82 Å². The van der Waals surface area contributed by atoms with Crippen LogP contribution in [0.3, 0.4) is 0 Å². The Morgan fingerprint density at radius 2 is 1.95 bits per heavy atom. The third-order valence-electron chi connectivity index (χ3n) is 9.66. The molecule has 238 valence electrons. The maximum atomic E-state index is 15.4. The van der Waals surface area contributed by atoms with Gasteiger partial charge in [-0.3, -0.25) is 9.69 Å². The highest BCUT2D eigenvalue weighted by atomic mass is 19.4. The molecule has 0 radical (unpaired) electrons. The Morgan fingerprint density at radius 1 is 1.23 bits per heavy atom. The lowest BCUT2D eigenvalue weighted by atomic mass is 9.91. The smallest absolute Gasteiger partial charge is 0.417 e. The monoisotopic (exact) mass is 618 g/mol. The van der Waals surface area contributed by atoms with Crippen LogP contribution in [-0.4, -0.2) is 76.6 Å². The highest BCUT2D eigenvalue weighted by molar-refractivity contribution is 5.87. The van der Waals surface area contributed by atoms with Gasteiger partial charge in [-0.25, -0.2) is 4.39 Å². The Kier molecular flexibility index (Phi) is 7.98. The van der Waals surface area contributed by atoms with Gasteiger partial charge in [0.2, 0.25) is 5.91 Å². The minimum atomic E-state index is -4.81. The van der Waals surface area contributed by atoms with E-state index in [1.54, 1.807) is 4.90 Å². The summed E-state index contributed by atoms with van der Waals surface area (Å²) in [6, 6.07) is 0.990. The van der Waals surface area contributed by atoms with E-state index in [1.165, 1.54) is 13.0 Å². The molecule has 1 aromatic heterocycles. The standard InChI is InChI=1S/C31H38F4N6O3/c1-4-24(42)39-11-12-41(19(3)15-39)28-20-16-43-23(25-26(31(33,34)35)18(2)13-21(36)27(25)32)14-22(20)37-29(38-28)44-17-30-7-5-9-40(30)10-6-8-30/h4,13,19,23H,1,5-12,14-17,36H2,2-3H3/t19-,23+/m0/s1. The van der Waals surface area contributed by atoms with Gasteiger partial charge in [-0.05, 0) is 70.3 Å². The fraction of sp³-hybridized carbons (Fsp3) is 0.581. The van der Waals surface area contributed by atoms with E-state index in [9.17, 15) is 18.0 Å². The minimum Gasteiger partial charge on any atom is -0.461 e. The number of carbonyl (C=O) groups is 1. The number of fused-ring (bicyclic) bond motifs is 2. The number of anilines is 2. The number of halogens is 4. The van der Waals surface area contributed by atoms with Crippen LogP contribution >= 0.6 is 0 Å². The number of piperazine rings is 1. The van der Waals surface area contributed by atoms with Crippen LogP contribution in [0.15, 0.2) is 18.7 Å². The largest absolute Gasteiger partial charge is 0.461 e. The van der Waals surface area contributed by atoms with Crippen molar-refractivity contribution in [3.63, 3.8) is 0 Å². The van der Waals surface area contributed by atoms with E-state index in [1.807, 2.05) is 11.8 Å². The number of rotatable bonds is 6. The van der Waals surface area contributed by atoms with E-state index < -0.39 is 29.2 Å². The van der Waals surface area contributed by atoms with Gasteiger partial charge in [-0.2, -0.15) is 23.1 Å². The zero-order valence-corrected chi connectivity index (χ0v) is 25.1. The fourth-order valence-corrected chi connectivity index (χ4v) is 7.50. The highest BCUT2D eigenvalue weighted by Crippen LogP contribution is 2.45. The number of carbonyl (C=O) groups excluding carboxylic acids is 1. The van der Waals surface area contributed by atoms with Crippen LogP contribution in [0.4, 0.5) is 29.1 Å². The first-order valence-corrected chi connectivity index (χ1v) is 15.1. The number of amides is 1. The van der Waals surface area contributed by atoms with Crippen molar-refractivity contribution in [2.24, 2.45) is 0 Å². The Hall–Kier alpha value is -3.45. The topological polar surface area (TPSA) is 97.0 Å². The molecule has 0 unspecified atom stereocenters. The second kappa shape index (κ2) is 11.5. The van der Waals surface area contributed by atoms with Crippen LogP contribution in [0.5, 0.6) is 6.01 Å². The maximum absolute atomic E-state index is 15.4. The Morgan fingerprint density at radius 3 is 2.61 bits per heavy atom. The number of nitrogen functional groups attached to an aromatic ring is 1. The van der Waals surface area contributed by atoms with Gasteiger partial charge < -0.3 is 25.0 Å². The van der Waals surface area contributed by atoms with Crippen molar-refractivity contribution < 1.29 is 31.8 Å². The van der Waals surface area contributed by atoms with E-state index in [2.05, 4.69) is 11.5 Å². The molecule has 2 N–H and O–H groups in total. The third kappa shape index (κ3) is 5.38. The SMILES string of the molecule is C=CC(=O)N1CCN(c2nc(OCC34CCCN3CCC4)nc3c2CO[C@@H](c2c(F)c(N)cc(C)c2C(F)(F)F)C3)[C@@H](C)C1. The summed E-state index contributed by atoms with van der Waals surface area (Å²) in [4.78, 5) is 28.0. The second-order valence-corrected chi connectivity index (χ2v) is 12.4. The molecule has 1 aromatic carbocycles. The molecule has 9 nitrogen and oxygen atoms in total. The molecular formula is C31H38F4N6O3. The van der Waals surface area contributed by atoms with Crippen molar-refractivity contribution in [1.29, 1.82) is 0 Å². The number of aromatic nitrogens is 2. The molecule has 3 saturated heterocycles. The van der Waals surface area contributed by atoms with Gasteiger partial charge in [-0.15, -0.1) is 0 Å². The third-order valence-corrected chi connectivity index (χ3v) is 9.66. The first kappa shape index (κ1) is 30.6. The summed E-state index contributed by atoms with van der Waals surface area (Å²) in [6.45, 7) is 10.5. The molecule has 0 aliphatic carbocycles. The molecule has 5 heterocycles. The number of aryl methyl sites for hydroxylation is 1. The van der Waals surface area contributed by atoms with Crippen molar-refractivity contribution in [3.05, 3.63) is 52.5 Å². The van der Waals surface area contributed by atoms with Gasteiger partial charge in [0, 0.05) is 43.2 Å². The van der Waals surface area contributed by atoms with Crippen molar-refractivity contribution in [1.82, 2.24) is 19.8 Å². The molecule has 3 fully saturated rings. The van der Waals surface area contributed by atoms with Crippen LogP contribution < -0.4 is 15.4 Å². The summed E-state index contributed by atoms with van der Waals surface area (Å²) in [6.07, 6.45) is -0.686. The van der Waals surface area contributed by atoms with Crippen molar-refractivity contribution in [2.45, 2.75) is 76.4 Å². The van der Waals surface area contributed by atoms with Crippen molar-refractivity contribution in [2.75, 3.05) is 50.0 Å². The summed E-state index contributed by atoms with van der Waals surface area (Å²) >= 11 is 0. The van der Waals surface area contributed by atoms with Gasteiger partial charge in [-0.1, -0.05) is 6.58 Å². The first-order chi connectivity index (χ1) is 20.9. The molecule has 0 saturated carbocycles. The summed E-state index contributed by atoms with van der Waals surface area (Å²) in [7, 11) is 0. The van der Waals surface area contributed by atoms with Crippen LogP contribution in [0, 0.1) is 12.7 Å². The molecule has 44 heavy (non-hydrogen) atoms. The van der Waals surface area contributed by atoms with E-state index in [0.717, 1.165) is 44.8 Å². The first-order valence-electron chi connectivity index (χ1n) is 15.1. The van der Waals surface area contributed by atoms with E-state index >= 15 is 4.39 Å². The summed E-state index contributed by atoms with van der Waals surface area (Å²) < 4.78 is 70.2. The number of ether oxygens (including phenoxy) is 2. The van der Waals surface area contributed by atoms with Gasteiger partial charge in [0.25, 0.3) is 0 Å². The molecule has 4 aliphatic rings. The van der Waals surface area contributed by atoms with Crippen LogP contribution in [0.1, 0.15) is 66.7 Å². The Bertz CT molecular complexity index is 1460. The lowest BCUT2D eigenvalue weighted by Gasteiger charge is -2.41. The molecule has 0 bridgehead atoms. The Balaban J connectivity index is 1.37. The number of hydrogen-bond donors (Lipinski definition) is 1. The normalized spacial score (nSPS) is 23.4. The number of hydrogen-bond acceptors (Lipinski definition) is 8. The maximum Gasteiger partial charge on any atom is 0.417 e. The molecule has 13 heteroatoms. The predicted molar refractivity (Wildman–Crippen MR) is 156 cm³/mol. The average molecular weight is 619 g/mol. The van der Waals surface area contributed by atoms with Crippen molar-refractivity contribution in [3.8, 4) is 6.01 Å². The second-order valence-electron chi connectivity index (χ2n) is 12.4. The molecule has 6 rings (SSSR count). The molecule has 0 spiro atoms. The lowest BCUT2D eigenvalue weighted by Crippen LogP contribution is -2.54. The van der Waals surface area contributed by atoms with Gasteiger partial charge in [0.1, 0.15) is 12.4 Å². The summed E-state index contributed by atoms with van der Waals surface area (Å²) in [5, 5.41) is 0. The molecule has 2 atom stereocenters. The molecular weight excluding hydrogens is 580 g/mol. The zero-order chi connectivity index (χ0) is 31.4. The van der Waals surface area contributed by atoms with E-state index in [-0.39, 0.29) is 47.8 Å².